The van der Waals surface area contributed by atoms with E-state index in [-0.39, 0.29) is 4.90 Å². The van der Waals surface area contributed by atoms with Gasteiger partial charge in [0.1, 0.15) is 5.82 Å². The molecule has 0 fully saturated rings. The van der Waals surface area contributed by atoms with Gasteiger partial charge in [-0.3, -0.25) is 0 Å². The van der Waals surface area contributed by atoms with Crippen molar-refractivity contribution in [1.29, 1.82) is 0 Å². The van der Waals surface area contributed by atoms with Crippen LogP contribution in [0.15, 0.2) is 52.5 Å². The van der Waals surface area contributed by atoms with Crippen molar-refractivity contribution in [2.75, 3.05) is 14.1 Å². The number of hydrogen-bond donors (Lipinski definition) is 0. The van der Waals surface area contributed by atoms with E-state index in [1.54, 1.807) is 23.9 Å². The van der Waals surface area contributed by atoms with Crippen molar-refractivity contribution in [1.82, 2.24) is 28.6 Å². The van der Waals surface area contributed by atoms with E-state index in [9.17, 15) is 8.42 Å². The predicted octanol–water partition coefficient (Wildman–Crippen LogP) is 4.58. The summed E-state index contributed by atoms with van der Waals surface area (Å²) in [7, 11) is -0.452. The van der Waals surface area contributed by atoms with Crippen molar-refractivity contribution in [3.8, 4) is 11.4 Å². The van der Waals surface area contributed by atoms with E-state index in [2.05, 4.69) is 58.3 Å². The zero-order valence-corrected chi connectivity index (χ0v) is 21.8. The van der Waals surface area contributed by atoms with Crippen LogP contribution in [0.2, 0.25) is 0 Å². The van der Waals surface area contributed by atoms with Crippen molar-refractivity contribution in [2.24, 2.45) is 0 Å². The Morgan fingerprint density at radius 2 is 1.82 bits per heavy atom. The Morgan fingerprint density at radius 3 is 2.50 bits per heavy atom. The molecule has 0 amide bonds. The van der Waals surface area contributed by atoms with Crippen molar-refractivity contribution < 1.29 is 8.42 Å². The SMILES string of the molecule is CCCn1c(SCc2nc3cc(S(=O)(=O)N(C)C)ccc3n2CC)nnc1-c1cccc(C)c1. The molecule has 0 radical (unpaired) electrons. The van der Waals surface area contributed by atoms with Gasteiger partial charge in [-0.2, -0.15) is 0 Å². The van der Waals surface area contributed by atoms with Crippen LogP contribution in [0.3, 0.4) is 0 Å². The molecule has 0 saturated heterocycles. The molecule has 0 saturated carbocycles. The maximum atomic E-state index is 12.6. The smallest absolute Gasteiger partial charge is 0.242 e. The summed E-state index contributed by atoms with van der Waals surface area (Å²) in [6.07, 6.45) is 0.973. The van der Waals surface area contributed by atoms with Gasteiger partial charge in [0, 0.05) is 32.7 Å². The molecule has 2 aromatic heterocycles. The second kappa shape index (κ2) is 9.89. The van der Waals surface area contributed by atoms with Gasteiger partial charge in [-0.15, -0.1) is 10.2 Å². The number of benzene rings is 2. The van der Waals surface area contributed by atoms with E-state index in [1.807, 2.05) is 12.1 Å². The van der Waals surface area contributed by atoms with Gasteiger partial charge < -0.3 is 9.13 Å². The molecule has 0 atom stereocenters. The van der Waals surface area contributed by atoms with Crippen molar-refractivity contribution in [3.63, 3.8) is 0 Å². The predicted molar refractivity (Wildman–Crippen MR) is 136 cm³/mol. The molecule has 0 aliphatic rings. The highest BCUT2D eigenvalue weighted by atomic mass is 32.2. The Labute approximate surface area is 205 Å². The number of aryl methyl sites for hydroxylation is 2. The highest BCUT2D eigenvalue weighted by Gasteiger charge is 2.20. The summed E-state index contributed by atoms with van der Waals surface area (Å²) in [5, 5.41) is 9.83. The first-order valence-electron chi connectivity index (χ1n) is 11.3. The molecule has 0 aliphatic carbocycles. The van der Waals surface area contributed by atoms with Gasteiger partial charge in [-0.05, 0) is 44.5 Å². The third-order valence-corrected chi connectivity index (χ3v) is 8.44. The lowest BCUT2D eigenvalue weighted by Gasteiger charge is -2.11. The Hall–Kier alpha value is -2.69. The van der Waals surface area contributed by atoms with Gasteiger partial charge in [0.15, 0.2) is 11.0 Å². The molecular weight excluding hydrogens is 468 g/mol. The number of hydrogen-bond acceptors (Lipinski definition) is 6. The minimum absolute atomic E-state index is 0.246. The lowest BCUT2D eigenvalue weighted by molar-refractivity contribution is 0.521. The van der Waals surface area contributed by atoms with Crippen LogP contribution in [0.1, 0.15) is 31.7 Å². The lowest BCUT2D eigenvalue weighted by Crippen LogP contribution is -2.22. The zero-order valence-electron chi connectivity index (χ0n) is 20.2. The van der Waals surface area contributed by atoms with Crippen LogP contribution >= 0.6 is 11.8 Å². The first-order chi connectivity index (χ1) is 16.3. The average molecular weight is 499 g/mol. The topological polar surface area (TPSA) is 85.9 Å². The summed E-state index contributed by atoms with van der Waals surface area (Å²) in [6, 6.07) is 13.4. The Balaban J connectivity index is 1.66. The van der Waals surface area contributed by atoms with Gasteiger partial charge >= 0.3 is 0 Å². The van der Waals surface area contributed by atoms with E-state index in [0.29, 0.717) is 11.3 Å². The fourth-order valence-electron chi connectivity index (χ4n) is 3.94. The Bertz CT molecular complexity index is 1420. The monoisotopic (exact) mass is 498 g/mol. The summed E-state index contributed by atoms with van der Waals surface area (Å²) in [5.74, 6) is 2.36. The van der Waals surface area contributed by atoms with Crippen LogP contribution in [-0.4, -0.2) is 51.1 Å². The zero-order chi connectivity index (χ0) is 24.5. The highest BCUT2D eigenvalue weighted by molar-refractivity contribution is 7.98. The minimum Gasteiger partial charge on any atom is -0.328 e. The van der Waals surface area contributed by atoms with Gasteiger partial charge in [-0.25, -0.2) is 17.7 Å². The molecule has 2 heterocycles. The van der Waals surface area contributed by atoms with E-state index >= 15 is 0 Å². The molecule has 0 aliphatic heterocycles. The standard InChI is InChI=1S/C24H30N6O2S2/c1-6-13-30-23(18-10-8-9-17(3)14-18)26-27-24(30)33-16-22-25-20-15-19(34(31,32)28(4)5)11-12-21(20)29(22)7-2/h8-12,14-15H,6-7,13,16H2,1-5H3. The summed E-state index contributed by atoms with van der Waals surface area (Å²) in [4.78, 5) is 5.03. The maximum absolute atomic E-state index is 12.6. The fraction of sp³-hybridized carbons (Fsp3) is 0.375. The summed E-state index contributed by atoms with van der Waals surface area (Å²) in [6.45, 7) is 7.85. The summed E-state index contributed by atoms with van der Waals surface area (Å²) < 4.78 is 30.6. The first kappa shape index (κ1) is 24.4. The number of imidazole rings is 1. The number of fused-ring (bicyclic) bond motifs is 1. The number of nitrogens with zero attached hydrogens (tertiary/aromatic N) is 6. The molecule has 4 rings (SSSR count). The largest absolute Gasteiger partial charge is 0.328 e. The Morgan fingerprint density at radius 1 is 1.03 bits per heavy atom. The summed E-state index contributed by atoms with van der Waals surface area (Å²) in [5.41, 5.74) is 3.84. The summed E-state index contributed by atoms with van der Waals surface area (Å²) >= 11 is 1.60. The van der Waals surface area contributed by atoms with Crippen molar-refractivity contribution in [3.05, 3.63) is 53.9 Å². The maximum Gasteiger partial charge on any atom is 0.242 e. The molecular formula is C24H30N6O2S2. The number of aromatic nitrogens is 5. The van der Waals surface area contributed by atoms with E-state index in [1.165, 1.54) is 24.0 Å². The van der Waals surface area contributed by atoms with Gasteiger partial charge in [0.25, 0.3) is 0 Å². The van der Waals surface area contributed by atoms with Crippen LogP contribution in [0.25, 0.3) is 22.4 Å². The molecule has 180 valence electrons. The molecule has 10 heteroatoms. The van der Waals surface area contributed by atoms with E-state index < -0.39 is 10.0 Å². The number of thioether (sulfide) groups is 1. The lowest BCUT2D eigenvalue weighted by atomic mass is 10.1. The first-order valence-corrected chi connectivity index (χ1v) is 13.7. The second-order valence-electron chi connectivity index (χ2n) is 8.33. The molecule has 8 nitrogen and oxygen atoms in total. The third-order valence-electron chi connectivity index (χ3n) is 5.66. The van der Waals surface area contributed by atoms with Crippen LogP contribution in [0, 0.1) is 6.92 Å². The van der Waals surface area contributed by atoms with Crippen molar-refractivity contribution in [2.45, 2.75) is 56.1 Å². The van der Waals surface area contributed by atoms with Gasteiger partial charge in [-0.1, -0.05) is 42.4 Å². The second-order valence-corrected chi connectivity index (χ2v) is 11.4. The molecule has 34 heavy (non-hydrogen) atoms. The normalized spacial score (nSPS) is 12.2. The highest BCUT2D eigenvalue weighted by Crippen LogP contribution is 2.29. The average Bonchev–Trinajstić information content (AvgIpc) is 3.37. The third kappa shape index (κ3) is 4.62. The molecule has 0 spiro atoms. The van der Waals surface area contributed by atoms with Crippen molar-refractivity contribution >= 4 is 32.8 Å². The quantitative estimate of drug-likeness (QED) is 0.314. The van der Waals surface area contributed by atoms with Crippen LogP contribution in [0.4, 0.5) is 0 Å². The van der Waals surface area contributed by atoms with Gasteiger partial charge in [0.2, 0.25) is 10.0 Å². The van der Waals surface area contributed by atoms with Crippen LogP contribution in [0.5, 0.6) is 0 Å². The molecule has 0 N–H and O–H groups in total. The van der Waals surface area contributed by atoms with E-state index in [0.717, 1.165) is 47.4 Å². The minimum atomic E-state index is -3.52. The fourth-order valence-corrected chi connectivity index (χ4v) is 5.77. The Kier molecular flexibility index (Phi) is 7.11. The number of rotatable bonds is 9. The molecule has 2 aromatic carbocycles. The van der Waals surface area contributed by atoms with Crippen LogP contribution < -0.4 is 0 Å². The molecule has 0 unspecified atom stereocenters. The van der Waals surface area contributed by atoms with E-state index in [4.69, 9.17) is 4.98 Å². The van der Waals surface area contributed by atoms with Gasteiger partial charge in [0.05, 0.1) is 21.7 Å². The van der Waals surface area contributed by atoms with Crippen LogP contribution in [-0.2, 0) is 28.9 Å². The molecule has 4 aromatic rings. The molecule has 0 bridgehead atoms. The number of sulfonamides is 1.